The molecule has 0 bridgehead atoms. The van der Waals surface area contributed by atoms with E-state index in [1.165, 1.54) is 11.0 Å². The van der Waals surface area contributed by atoms with E-state index < -0.39 is 51.5 Å². The van der Waals surface area contributed by atoms with Gasteiger partial charge in [0.1, 0.15) is 11.9 Å². The van der Waals surface area contributed by atoms with Crippen LogP contribution in [-0.2, 0) is 21.0 Å². The largest absolute Gasteiger partial charge is 0.416 e. The Kier molecular flexibility index (Phi) is 7.06. The van der Waals surface area contributed by atoms with E-state index in [0.717, 1.165) is 24.3 Å². The molecule has 0 radical (unpaired) electrons. The van der Waals surface area contributed by atoms with Gasteiger partial charge < -0.3 is 10.2 Å². The molecule has 3 N–H and O–H groups in total. The standard InChI is InChI=1S/C23H22ClF4N3O4S/c24-17-8-6-14(36(29,34)35)11-16(17)22(33)31-9-1-2-19(31)21(32)30-20(12-3-4-12)15-7-5-13(10-18(15)25)23(26,27)28/h5-8,10-12,19-20H,1-4,9H2,(H,30,32)(H2,29,34,35)/t19-,20?/m1/s1. The predicted molar refractivity (Wildman–Crippen MR) is 122 cm³/mol. The monoisotopic (exact) mass is 547 g/mol. The summed E-state index contributed by atoms with van der Waals surface area (Å²) in [6.45, 7) is 0.190. The number of rotatable bonds is 6. The molecule has 0 spiro atoms. The number of benzene rings is 2. The summed E-state index contributed by atoms with van der Waals surface area (Å²) in [4.78, 5) is 27.3. The number of amides is 2. The Morgan fingerprint density at radius 1 is 1.11 bits per heavy atom. The summed E-state index contributed by atoms with van der Waals surface area (Å²) in [6.07, 6.45) is -2.62. The Balaban J connectivity index is 1.56. The van der Waals surface area contributed by atoms with Crippen LogP contribution in [0, 0.1) is 11.7 Å². The minimum Gasteiger partial charge on any atom is -0.347 e. The lowest BCUT2D eigenvalue weighted by Gasteiger charge is -2.27. The number of halogens is 5. The molecule has 1 saturated heterocycles. The van der Waals surface area contributed by atoms with Crippen molar-refractivity contribution >= 4 is 33.4 Å². The summed E-state index contributed by atoms with van der Waals surface area (Å²) in [7, 11) is -4.11. The fourth-order valence-electron chi connectivity index (χ4n) is 4.37. The van der Waals surface area contributed by atoms with Gasteiger partial charge in [-0.1, -0.05) is 17.7 Å². The highest BCUT2D eigenvalue weighted by molar-refractivity contribution is 7.89. The molecule has 2 atom stereocenters. The van der Waals surface area contributed by atoms with Crippen molar-refractivity contribution < 1.29 is 35.6 Å². The van der Waals surface area contributed by atoms with E-state index in [4.69, 9.17) is 16.7 Å². The van der Waals surface area contributed by atoms with Gasteiger partial charge in [-0.2, -0.15) is 13.2 Å². The zero-order valence-corrected chi connectivity index (χ0v) is 20.3. The summed E-state index contributed by atoms with van der Waals surface area (Å²) in [6, 6.07) is 3.80. The molecular weight excluding hydrogens is 526 g/mol. The molecular formula is C23H22ClF4N3O4S. The lowest BCUT2D eigenvalue weighted by atomic mass is 9.99. The lowest BCUT2D eigenvalue weighted by molar-refractivity contribution is -0.137. The molecule has 13 heteroatoms. The quantitative estimate of drug-likeness (QED) is 0.532. The summed E-state index contributed by atoms with van der Waals surface area (Å²) in [5.74, 6) is -2.48. The van der Waals surface area contributed by atoms with Crippen LogP contribution in [0.2, 0.25) is 5.02 Å². The van der Waals surface area contributed by atoms with Gasteiger partial charge in [0.15, 0.2) is 0 Å². The zero-order valence-electron chi connectivity index (χ0n) is 18.7. The maximum absolute atomic E-state index is 14.7. The van der Waals surface area contributed by atoms with E-state index in [9.17, 15) is 35.6 Å². The van der Waals surface area contributed by atoms with Gasteiger partial charge in [-0.05, 0) is 61.9 Å². The molecule has 2 aromatic carbocycles. The molecule has 2 aromatic rings. The number of nitrogens with two attached hydrogens (primary N) is 1. The Labute approximate surface area is 209 Å². The van der Waals surface area contributed by atoms with Gasteiger partial charge in [0.25, 0.3) is 5.91 Å². The maximum atomic E-state index is 14.7. The first kappa shape index (κ1) is 26.4. The van der Waals surface area contributed by atoms with Crippen molar-refractivity contribution in [3.63, 3.8) is 0 Å². The van der Waals surface area contributed by atoms with E-state index in [-0.39, 0.29) is 39.9 Å². The van der Waals surface area contributed by atoms with Crippen LogP contribution >= 0.6 is 11.6 Å². The number of sulfonamides is 1. The van der Waals surface area contributed by atoms with Gasteiger partial charge in [-0.3, -0.25) is 9.59 Å². The minimum absolute atomic E-state index is 0.0267. The second kappa shape index (κ2) is 9.64. The third kappa shape index (κ3) is 5.50. The van der Waals surface area contributed by atoms with Crippen LogP contribution in [0.15, 0.2) is 41.3 Å². The second-order valence-corrected chi connectivity index (χ2v) is 10.9. The average molecular weight is 548 g/mol. The zero-order chi connectivity index (χ0) is 26.4. The SMILES string of the molecule is NS(=O)(=O)c1ccc(Cl)c(C(=O)N2CCC[C@@H]2C(=O)NC(c2ccc(C(F)(F)F)cc2F)C2CC2)c1. The molecule has 36 heavy (non-hydrogen) atoms. The van der Waals surface area contributed by atoms with Crippen molar-refractivity contribution in [2.75, 3.05) is 6.54 Å². The number of carbonyl (C=O) groups is 2. The molecule has 194 valence electrons. The number of hydrogen-bond acceptors (Lipinski definition) is 4. The van der Waals surface area contributed by atoms with E-state index >= 15 is 0 Å². The predicted octanol–water partition coefficient (Wildman–Crippen LogP) is 4.02. The molecule has 1 unspecified atom stereocenters. The van der Waals surface area contributed by atoms with E-state index in [1.54, 1.807) is 0 Å². The summed E-state index contributed by atoms with van der Waals surface area (Å²) < 4.78 is 76.9. The van der Waals surface area contributed by atoms with E-state index in [1.807, 2.05) is 0 Å². The first-order valence-electron chi connectivity index (χ1n) is 11.1. The fourth-order valence-corrected chi connectivity index (χ4v) is 5.10. The minimum atomic E-state index is -4.70. The second-order valence-electron chi connectivity index (χ2n) is 8.90. The first-order chi connectivity index (χ1) is 16.8. The molecule has 1 aliphatic carbocycles. The highest BCUT2D eigenvalue weighted by atomic mass is 35.5. The van der Waals surface area contributed by atoms with Crippen molar-refractivity contribution in [3.05, 3.63) is 63.9 Å². The van der Waals surface area contributed by atoms with Crippen LogP contribution in [0.3, 0.4) is 0 Å². The van der Waals surface area contributed by atoms with Crippen LogP contribution < -0.4 is 10.5 Å². The van der Waals surface area contributed by atoms with Gasteiger partial charge in [-0.15, -0.1) is 0 Å². The number of nitrogens with one attached hydrogen (secondary N) is 1. The molecule has 1 aliphatic heterocycles. The van der Waals surface area contributed by atoms with Gasteiger partial charge >= 0.3 is 6.18 Å². The van der Waals surface area contributed by atoms with E-state index in [0.29, 0.717) is 25.3 Å². The van der Waals surface area contributed by atoms with Crippen LogP contribution in [0.1, 0.15) is 53.2 Å². The molecule has 7 nitrogen and oxygen atoms in total. The number of primary sulfonamides is 1. The topological polar surface area (TPSA) is 110 Å². The Bertz CT molecular complexity index is 1310. The van der Waals surface area contributed by atoms with Crippen LogP contribution in [0.5, 0.6) is 0 Å². The summed E-state index contributed by atoms with van der Waals surface area (Å²) >= 11 is 6.12. The first-order valence-corrected chi connectivity index (χ1v) is 13.0. The number of hydrogen-bond donors (Lipinski definition) is 2. The number of carbonyl (C=O) groups excluding carboxylic acids is 2. The van der Waals surface area contributed by atoms with Crippen molar-refractivity contribution in [3.8, 4) is 0 Å². The molecule has 1 heterocycles. The van der Waals surface area contributed by atoms with Crippen LogP contribution in [0.25, 0.3) is 0 Å². The third-order valence-corrected chi connectivity index (χ3v) is 7.61. The van der Waals surface area contributed by atoms with Crippen molar-refractivity contribution in [1.82, 2.24) is 10.2 Å². The Morgan fingerprint density at radius 3 is 2.39 bits per heavy atom. The van der Waals surface area contributed by atoms with Crippen molar-refractivity contribution in [2.24, 2.45) is 11.1 Å². The van der Waals surface area contributed by atoms with Gasteiger partial charge in [0.05, 0.1) is 27.1 Å². The van der Waals surface area contributed by atoms with Gasteiger partial charge in [0.2, 0.25) is 15.9 Å². The number of nitrogens with zero attached hydrogens (tertiary/aromatic N) is 1. The van der Waals surface area contributed by atoms with E-state index in [2.05, 4.69) is 5.32 Å². The highest BCUT2D eigenvalue weighted by Gasteiger charge is 2.41. The number of likely N-dealkylation sites (tertiary alicyclic amines) is 1. The molecule has 2 fully saturated rings. The summed E-state index contributed by atoms with van der Waals surface area (Å²) in [5.41, 5.74) is -1.33. The molecule has 2 aliphatic rings. The fraction of sp³-hybridized carbons (Fsp3) is 0.391. The van der Waals surface area contributed by atoms with Crippen LogP contribution in [-0.4, -0.2) is 37.7 Å². The number of alkyl halides is 3. The summed E-state index contributed by atoms with van der Waals surface area (Å²) in [5, 5.41) is 7.83. The Morgan fingerprint density at radius 2 is 1.81 bits per heavy atom. The third-order valence-electron chi connectivity index (χ3n) is 6.37. The molecule has 1 saturated carbocycles. The van der Waals surface area contributed by atoms with Crippen LogP contribution in [0.4, 0.5) is 17.6 Å². The lowest BCUT2D eigenvalue weighted by Crippen LogP contribution is -2.47. The molecule has 4 rings (SSSR count). The normalized spacial score (nSPS) is 19.3. The highest BCUT2D eigenvalue weighted by Crippen LogP contribution is 2.43. The molecule has 0 aromatic heterocycles. The Hall–Kier alpha value is -2.70. The van der Waals surface area contributed by atoms with Crippen molar-refractivity contribution in [2.45, 2.75) is 48.8 Å². The van der Waals surface area contributed by atoms with Gasteiger partial charge in [-0.25, -0.2) is 17.9 Å². The maximum Gasteiger partial charge on any atom is 0.416 e. The molecule has 2 amide bonds. The van der Waals surface area contributed by atoms with Crippen molar-refractivity contribution in [1.29, 1.82) is 0 Å². The average Bonchev–Trinajstić information content (AvgIpc) is 3.51. The smallest absolute Gasteiger partial charge is 0.347 e. The van der Waals surface area contributed by atoms with Gasteiger partial charge in [0, 0.05) is 12.1 Å².